The second kappa shape index (κ2) is 10.2. The molecule has 0 aliphatic heterocycles. The first-order chi connectivity index (χ1) is 14.1. The summed E-state index contributed by atoms with van der Waals surface area (Å²) in [5, 5.41) is 9.08. The molecule has 0 saturated carbocycles. The Balaban J connectivity index is 1.40. The summed E-state index contributed by atoms with van der Waals surface area (Å²) in [6.45, 7) is 4.97. The second-order valence-corrected chi connectivity index (χ2v) is 6.90. The van der Waals surface area contributed by atoms with Crippen LogP contribution in [0.25, 0.3) is 0 Å². The third-order valence-electron chi connectivity index (χ3n) is 4.47. The van der Waals surface area contributed by atoms with Crippen LogP contribution < -0.4 is 20.7 Å². The van der Waals surface area contributed by atoms with Crippen LogP contribution in [0.3, 0.4) is 0 Å². The van der Waals surface area contributed by atoms with Crippen molar-refractivity contribution in [1.82, 2.24) is 5.32 Å². The average molecular weight is 389 g/mol. The zero-order chi connectivity index (χ0) is 20.5. The topological polar surface area (TPSA) is 62.4 Å². The maximum absolute atomic E-state index is 12.0. The number of ether oxygens (including phenoxy) is 1. The van der Waals surface area contributed by atoms with Gasteiger partial charge in [-0.05, 0) is 61.4 Å². The summed E-state index contributed by atoms with van der Waals surface area (Å²) in [6.07, 6.45) is 0. The number of rotatable bonds is 8. The van der Waals surface area contributed by atoms with E-state index < -0.39 is 0 Å². The molecule has 0 fully saturated rings. The molecule has 0 saturated heterocycles. The molecule has 2 amide bonds. The highest BCUT2D eigenvalue weighted by Crippen LogP contribution is 2.20. The molecule has 0 bridgehead atoms. The van der Waals surface area contributed by atoms with Gasteiger partial charge in [0.05, 0.1) is 6.54 Å². The number of benzene rings is 3. The maximum Gasteiger partial charge on any atom is 0.319 e. The molecule has 0 heterocycles. The quantitative estimate of drug-likeness (QED) is 0.454. The van der Waals surface area contributed by atoms with Crippen LogP contribution in [0.2, 0.25) is 0 Å². The molecule has 0 aliphatic carbocycles. The summed E-state index contributed by atoms with van der Waals surface area (Å²) in [4.78, 5) is 12.0. The van der Waals surface area contributed by atoms with E-state index >= 15 is 0 Å². The molecular formula is C24H27N3O2. The van der Waals surface area contributed by atoms with Crippen LogP contribution in [-0.2, 0) is 0 Å². The Bertz CT molecular complexity index is 911. The molecule has 29 heavy (non-hydrogen) atoms. The molecule has 0 spiro atoms. The highest BCUT2D eigenvalue weighted by Gasteiger charge is 2.05. The van der Waals surface area contributed by atoms with Crippen molar-refractivity contribution in [3.63, 3.8) is 0 Å². The van der Waals surface area contributed by atoms with Crippen molar-refractivity contribution in [3.05, 3.63) is 90.0 Å². The van der Waals surface area contributed by atoms with E-state index in [9.17, 15) is 4.79 Å². The molecule has 150 valence electrons. The fourth-order valence-electron chi connectivity index (χ4n) is 2.94. The van der Waals surface area contributed by atoms with E-state index in [2.05, 4.69) is 35.0 Å². The first-order valence-corrected chi connectivity index (χ1v) is 9.76. The number of amides is 2. The minimum absolute atomic E-state index is 0.201. The van der Waals surface area contributed by atoms with E-state index in [1.807, 2.05) is 73.7 Å². The lowest BCUT2D eigenvalue weighted by atomic mass is 10.1. The molecule has 5 nitrogen and oxygen atoms in total. The summed E-state index contributed by atoms with van der Waals surface area (Å²) in [5.74, 6) is 0.806. The second-order valence-electron chi connectivity index (χ2n) is 6.90. The SMILES string of the molecule is Cc1cccc(OCCNC(=O)Nc2ccc(N[C@@H](C)c3ccccc3)cc2)c1. The minimum Gasteiger partial charge on any atom is -0.492 e. The largest absolute Gasteiger partial charge is 0.492 e. The Morgan fingerprint density at radius 1 is 0.931 bits per heavy atom. The first-order valence-electron chi connectivity index (χ1n) is 9.76. The van der Waals surface area contributed by atoms with E-state index in [0.29, 0.717) is 13.2 Å². The van der Waals surface area contributed by atoms with Gasteiger partial charge in [0.15, 0.2) is 0 Å². The van der Waals surface area contributed by atoms with Gasteiger partial charge < -0.3 is 20.7 Å². The van der Waals surface area contributed by atoms with Gasteiger partial charge in [-0.25, -0.2) is 4.79 Å². The van der Waals surface area contributed by atoms with E-state index in [1.54, 1.807) is 0 Å². The molecule has 0 aliphatic rings. The number of urea groups is 1. The fraction of sp³-hybridized carbons (Fsp3) is 0.208. The molecule has 1 atom stereocenters. The molecule has 0 unspecified atom stereocenters. The standard InChI is InChI=1S/C24H27N3O2/c1-18-7-6-10-23(17-18)29-16-15-25-24(28)27-22-13-11-21(12-14-22)26-19(2)20-8-4-3-5-9-20/h3-14,17,19,26H,15-16H2,1-2H3,(H2,25,27,28)/t19-/m0/s1. The molecule has 3 rings (SSSR count). The first kappa shape index (κ1) is 20.3. The summed E-state index contributed by atoms with van der Waals surface area (Å²) in [5.41, 5.74) is 4.10. The summed E-state index contributed by atoms with van der Waals surface area (Å²) < 4.78 is 5.63. The Hall–Kier alpha value is -3.47. The smallest absolute Gasteiger partial charge is 0.319 e. The molecule has 3 aromatic carbocycles. The van der Waals surface area contributed by atoms with Gasteiger partial charge in [0, 0.05) is 17.4 Å². The molecular weight excluding hydrogens is 362 g/mol. The van der Waals surface area contributed by atoms with Crippen molar-refractivity contribution in [2.24, 2.45) is 0 Å². The van der Waals surface area contributed by atoms with Crippen LogP contribution in [0.15, 0.2) is 78.9 Å². The fourth-order valence-corrected chi connectivity index (χ4v) is 2.94. The van der Waals surface area contributed by atoms with Gasteiger partial charge in [-0.3, -0.25) is 0 Å². The maximum atomic E-state index is 12.0. The Morgan fingerprint density at radius 3 is 2.38 bits per heavy atom. The van der Waals surface area contributed by atoms with Crippen molar-refractivity contribution in [2.75, 3.05) is 23.8 Å². The summed E-state index contributed by atoms with van der Waals surface area (Å²) in [6, 6.07) is 25.7. The molecule has 0 radical (unpaired) electrons. The van der Waals surface area contributed by atoms with E-state index in [1.165, 1.54) is 5.56 Å². The predicted molar refractivity (Wildman–Crippen MR) is 119 cm³/mol. The van der Waals surface area contributed by atoms with Crippen LogP contribution in [0.1, 0.15) is 24.1 Å². The van der Waals surface area contributed by atoms with Crippen LogP contribution in [0, 0.1) is 6.92 Å². The monoisotopic (exact) mass is 389 g/mol. The van der Waals surface area contributed by atoms with E-state index in [-0.39, 0.29) is 12.1 Å². The Labute approximate surface area is 172 Å². The summed E-state index contributed by atoms with van der Waals surface area (Å²) >= 11 is 0. The number of carbonyl (C=O) groups is 1. The lowest BCUT2D eigenvalue weighted by molar-refractivity contribution is 0.247. The third kappa shape index (κ3) is 6.57. The molecule has 3 aromatic rings. The zero-order valence-electron chi connectivity index (χ0n) is 16.8. The van der Waals surface area contributed by atoms with E-state index in [4.69, 9.17) is 4.74 Å². The highest BCUT2D eigenvalue weighted by atomic mass is 16.5. The lowest BCUT2D eigenvalue weighted by Crippen LogP contribution is -2.32. The van der Waals surface area contributed by atoms with Crippen molar-refractivity contribution in [3.8, 4) is 5.75 Å². The van der Waals surface area contributed by atoms with Crippen LogP contribution in [-0.4, -0.2) is 19.2 Å². The third-order valence-corrected chi connectivity index (χ3v) is 4.47. The number of carbonyl (C=O) groups excluding carboxylic acids is 1. The number of hydrogen-bond acceptors (Lipinski definition) is 3. The number of aryl methyl sites for hydroxylation is 1. The zero-order valence-corrected chi connectivity index (χ0v) is 16.8. The highest BCUT2D eigenvalue weighted by molar-refractivity contribution is 5.89. The van der Waals surface area contributed by atoms with Gasteiger partial charge in [-0.15, -0.1) is 0 Å². The van der Waals surface area contributed by atoms with Crippen molar-refractivity contribution >= 4 is 17.4 Å². The van der Waals surface area contributed by atoms with Crippen LogP contribution >= 0.6 is 0 Å². The van der Waals surface area contributed by atoms with Crippen LogP contribution in [0.4, 0.5) is 16.2 Å². The number of anilines is 2. The van der Waals surface area contributed by atoms with Gasteiger partial charge >= 0.3 is 6.03 Å². The molecule has 5 heteroatoms. The lowest BCUT2D eigenvalue weighted by Gasteiger charge is -2.16. The number of hydrogen-bond donors (Lipinski definition) is 3. The van der Waals surface area contributed by atoms with Gasteiger partial charge in [0.1, 0.15) is 12.4 Å². The normalized spacial score (nSPS) is 11.4. The van der Waals surface area contributed by atoms with Gasteiger partial charge in [0.2, 0.25) is 0 Å². The predicted octanol–water partition coefficient (Wildman–Crippen LogP) is 5.37. The Kier molecular flexibility index (Phi) is 7.11. The van der Waals surface area contributed by atoms with E-state index in [0.717, 1.165) is 22.7 Å². The summed E-state index contributed by atoms with van der Waals surface area (Å²) in [7, 11) is 0. The van der Waals surface area contributed by atoms with Gasteiger partial charge in [-0.2, -0.15) is 0 Å². The minimum atomic E-state index is -0.254. The van der Waals surface area contributed by atoms with Gasteiger partial charge in [0.25, 0.3) is 0 Å². The van der Waals surface area contributed by atoms with Gasteiger partial charge in [-0.1, -0.05) is 42.5 Å². The number of nitrogens with one attached hydrogen (secondary N) is 3. The average Bonchev–Trinajstić information content (AvgIpc) is 2.73. The van der Waals surface area contributed by atoms with Crippen molar-refractivity contribution in [1.29, 1.82) is 0 Å². The molecule has 0 aromatic heterocycles. The van der Waals surface area contributed by atoms with Crippen molar-refractivity contribution in [2.45, 2.75) is 19.9 Å². The van der Waals surface area contributed by atoms with Crippen molar-refractivity contribution < 1.29 is 9.53 Å². The van der Waals surface area contributed by atoms with Crippen LogP contribution in [0.5, 0.6) is 5.75 Å². The molecule has 3 N–H and O–H groups in total. The Morgan fingerprint density at radius 2 is 1.66 bits per heavy atom.